The number of hydrogen-bond donors (Lipinski definition) is 1. The second-order valence-corrected chi connectivity index (χ2v) is 1.78. The quantitative estimate of drug-likeness (QED) is 0.536. The van der Waals surface area contributed by atoms with Crippen molar-refractivity contribution >= 4 is 18.2 Å². The molecule has 1 heterocycles. The van der Waals surface area contributed by atoms with Crippen molar-refractivity contribution in [2.24, 2.45) is 10.7 Å². The van der Waals surface area contributed by atoms with Gasteiger partial charge < -0.3 is 10.5 Å². The Hall–Kier alpha value is -0.280. The average molecular weight is 151 g/mol. The normalized spacial score (nSPS) is 19.3. The molecule has 0 bridgehead atoms. The van der Waals surface area contributed by atoms with Crippen LogP contribution in [0.3, 0.4) is 0 Å². The van der Waals surface area contributed by atoms with E-state index in [-0.39, 0.29) is 12.4 Å². The number of ether oxygens (including phenoxy) is 1. The number of rotatable bonds is 0. The molecule has 0 fully saturated rings. The lowest BCUT2D eigenvalue weighted by molar-refractivity contribution is 0.175. The molecule has 0 radical (unpaired) electrons. The zero-order valence-corrected chi connectivity index (χ0v) is 5.99. The second kappa shape index (κ2) is 4.58. The van der Waals surface area contributed by atoms with Crippen LogP contribution in [0, 0.1) is 0 Å². The van der Waals surface area contributed by atoms with E-state index < -0.39 is 0 Å². The number of amidine groups is 1. The summed E-state index contributed by atoms with van der Waals surface area (Å²) < 4.78 is 5.05. The van der Waals surface area contributed by atoms with Gasteiger partial charge in [-0.2, -0.15) is 0 Å². The Morgan fingerprint density at radius 2 is 2.33 bits per heavy atom. The van der Waals surface area contributed by atoms with Crippen molar-refractivity contribution in [1.29, 1.82) is 0 Å². The van der Waals surface area contributed by atoms with Crippen LogP contribution in [0.15, 0.2) is 4.99 Å². The molecule has 0 spiro atoms. The lowest BCUT2D eigenvalue weighted by atomic mass is 10.5. The molecule has 1 rings (SSSR count). The summed E-state index contributed by atoms with van der Waals surface area (Å²) in [6.45, 7) is 2.13. The van der Waals surface area contributed by atoms with E-state index in [1.807, 2.05) is 0 Å². The minimum Gasteiger partial charge on any atom is -0.386 e. The number of hydrogen-bond acceptors (Lipinski definition) is 3. The predicted octanol–water partition coefficient (Wildman–Crippen LogP) is 0.186. The fraction of sp³-hybridized carbons (Fsp3) is 0.800. The Labute approximate surface area is 60.7 Å². The molecule has 0 aromatic rings. The van der Waals surface area contributed by atoms with Crippen LogP contribution in [-0.4, -0.2) is 25.6 Å². The van der Waals surface area contributed by atoms with Crippen molar-refractivity contribution in [3.63, 3.8) is 0 Å². The maximum absolute atomic E-state index is 5.36. The Balaban J connectivity index is 0.000000640. The highest BCUT2D eigenvalue weighted by Gasteiger charge is 1.96. The fourth-order valence-electron chi connectivity index (χ4n) is 0.612. The Morgan fingerprint density at radius 3 is 3.11 bits per heavy atom. The molecule has 0 saturated heterocycles. The summed E-state index contributed by atoms with van der Waals surface area (Å²) in [6, 6.07) is 0. The van der Waals surface area contributed by atoms with Crippen molar-refractivity contribution < 1.29 is 4.74 Å². The van der Waals surface area contributed by atoms with Gasteiger partial charge in [0.05, 0.1) is 0 Å². The van der Waals surface area contributed by atoms with Crippen molar-refractivity contribution in [3.05, 3.63) is 0 Å². The van der Waals surface area contributed by atoms with E-state index in [1.165, 1.54) is 0 Å². The molecule has 1 aliphatic rings. The molecule has 0 aliphatic carbocycles. The molecule has 2 N–H and O–H groups in total. The molecule has 4 heteroatoms. The topological polar surface area (TPSA) is 47.6 Å². The summed E-state index contributed by atoms with van der Waals surface area (Å²) in [6.07, 6.45) is 1.00. The van der Waals surface area contributed by atoms with E-state index in [2.05, 4.69) is 4.99 Å². The first-order valence-corrected chi connectivity index (χ1v) is 2.76. The summed E-state index contributed by atoms with van der Waals surface area (Å²) in [5.74, 6) is 0.627. The lowest BCUT2D eigenvalue weighted by Crippen LogP contribution is -2.17. The van der Waals surface area contributed by atoms with Crippen molar-refractivity contribution in [2.75, 3.05) is 19.8 Å². The molecule has 0 unspecified atom stereocenters. The molecule has 0 amide bonds. The summed E-state index contributed by atoms with van der Waals surface area (Å²) in [5.41, 5.74) is 5.36. The summed E-state index contributed by atoms with van der Waals surface area (Å²) in [7, 11) is 0. The van der Waals surface area contributed by atoms with E-state index in [4.69, 9.17) is 10.5 Å². The van der Waals surface area contributed by atoms with Gasteiger partial charge in [0.15, 0.2) is 0 Å². The molecule has 0 aromatic carbocycles. The average Bonchev–Trinajstić information content (AvgIpc) is 1.94. The van der Waals surface area contributed by atoms with Crippen LogP contribution >= 0.6 is 12.4 Å². The molecule has 0 aromatic heterocycles. The smallest absolute Gasteiger partial charge is 0.120 e. The molecule has 1 aliphatic heterocycles. The Bertz CT molecular complexity index is 105. The van der Waals surface area contributed by atoms with Gasteiger partial charge in [0.25, 0.3) is 0 Å². The highest BCUT2D eigenvalue weighted by Crippen LogP contribution is 1.89. The number of nitrogens with zero attached hydrogens (tertiary/aromatic N) is 1. The van der Waals surface area contributed by atoms with Crippen LogP contribution in [0.25, 0.3) is 0 Å². The monoisotopic (exact) mass is 150 g/mol. The highest BCUT2D eigenvalue weighted by atomic mass is 35.5. The summed E-state index contributed by atoms with van der Waals surface area (Å²) >= 11 is 0. The van der Waals surface area contributed by atoms with E-state index in [9.17, 15) is 0 Å². The molecular formula is C5H11ClN2O. The van der Waals surface area contributed by atoms with Crippen molar-refractivity contribution in [2.45, 2.75) is 6.42 Å². The zero-order valence-electron chi connectivity index (χ0n) is 5.17. The molecule has 3 nitrogen and oxygen atoms in total. The van der Waals surface area contributed by atoms with E-state index in [1.54, 1.807) is 0 Å². The molecule has 54 valence electrons. The van der Waals surface area contributed by atoms with Crippen LogP contribution in [-0.2, 0) is 4.74 Å². The van der Waals surface area contributed by atoms with Gasteiger partial charge in [-0.25, -0.2) is 0 Å². The van der Waals surface area contributed by atoms with Gasteiger partial charge in [0.2, 0.25) is 0 Å². The summed E-state index contributed by atoms with van der Waals surface area (Å²) in [5, 5.41) is 0. The van der Waals surface area contributed by atoms with E-state index in [0.717, 1.165) is 19.6 Å². The first-order chi connectivity index (χ1) is 3.89. The van der Waals surface area contributed by atoms with E-state index >= 15 is 0 Å². The van der Waals surface area contributed by atoms with Crippen LogP contribution in [0.2, 0.25) is 0 Å². The van der Waals surface area contributed by atoms with Gasteiger partial charge in [-0.3, -0.25) is 4.99 Å². The third kappa shape index (κ3) is 3.32. The molecule has 0 atom stereocenters. The minimum atomic E-state index is 0. The number of nitrogens with two attached hydrogens (primary N) is 1. The SMILES string of the molecule is Cl.NC1=NCCCOC1. The van der Waals surface area contributed by atoms with Crippen LogP contribution < -0.4 is 5.73 Å². The summed E-state index contributed by atoms with van der Waals surface area (Å²) in [4.78, 5) is 3.99. The number of halogens is 1. The van der Waals surface area contributed by atoms with E-state index in [0.29, 0.717) is 12.4 Å². The largest absolute Gasteiger partial charge is 0.386 e. The molecule has 9 heavy (non-hydrogen) atoms. The zero-order chi connectivity index (χ0) is 5.82. The Morgan fingerprint density at radius 1 is 1.56 bits per heavy atom. The number of aliphatic imine (C=N–C) groups is 1. The van der Waals surface area contributed by atoms with Gasteiger partial charge in [0, 0.05) is 13.2 Å². The van der Waals surface area contributed by atoms with Gasteiger partial charge in [-0.1, -0.05) is 0 Å². The highest BCUT2D eigenvalue weighted by molar-refractivity contribution is 5.85. The van der Waals surface area contributed by atoms with Gasteiger partial charge >= 0.3 is 0 Å². The third-order valence-electron chi connectivity index (χ3n) is 1.01. The van der Waals surface area contributed by atoms with Crippen LogP contribution in [0.5, 0.6) is 0 Å². The van der Waals surface area contributed by atoms with Gasteiger partial charge in [-0.15, -0.1) is 12.4 Å². The molecule has 0 saturated carbocycles. The van der Waals surface area contributed by atoms with Crippen LogP contribution in [0.1, 0.15) is 6.42 Å². The van der Waals surface area contributed by atoms with Gasteiger partial charge in [-0.05, 0) is 6.42 Å². The van der Waals surface area contributed by atoms with Gasteiger partial charge in [0.1, 0.15) is 12.4 Å². The Kier molecular flexibility index (Phi) is 4.44. The standard InChI is InChI=1S/C5H10N2O.ClH/c6-5-4-8-3-1-2-7-5;/h1-4H2,(H2,6,7);1H. The third-order valence-corrected chi connectivity index (χ3v) is 1.01. The van der Waals surface area contributed by atoms with Crippen molar-refractivity contribution in [1.82, 2.24) is 0 Å². The van der Waals surface area contributed by atoms with Crippen molar-refractivity contribution in [3.8, 4) is 0 Å². The van der Waals surface area contributed by atoms with Crippen LogP contribution in [0.4, 0.5) is 0 Å². The minimum absolute atomic E-state index is 0. The molecular weight excluding hydrogens is 140 g/mol. The second-order valence-electron chi connectivity index (χ2n) is 1.78. The first-order valence-electron chi connectivity index (χ1n) is 2.76. The first kappa shape index (κ1) is 8.72. The maximum Gasteiger partial charge on any atom is 0.120 e. The predicted molar refractivity (Wildman–Crippen MR) is 39.2 cm³/mol. The fourth-order valence-corrected chi connectivity index (χ4v) is 0.612. The maximum atomic E-state index is 5.36. The lowest BCUT2D eigenvalue weighted by Gasteiger charge is -1.93.